The van der Waals surface area contributed by atoms with Gasteiger partial charge in [-0.25, -0.2) is 9.18 Å². The van der Waals surface area contributed by atoms with E-state index < -0.39 is 6.09 Å². The summed E-state index contributed by atoms with van der Waals surface area (Å²) in [7, 11) is 0. The molecule has 1 saturated heterocycles. The molecule has 2 aromatic carbocycles. The van der Waals surface area contributed by atoms with Crippen LogP contribution in [0.15, 0.2) is 48.5 Å². The third-order valence-corrected chi connectivity index (χ3v) is 4.43. The van der Waals surface area contributed by atoms with Gasteiger partial charge in [0.15, 0.2) is 0 Å². The van der Waals surface area contributed by atoms with Crippen molar-refractivity contribution in [2.45, 2.75) is 12.6 Å². The molecule has 1 aliphatic heterocycles. The van der Waals surface area contributed by atoms with Crippen LogP contribution in [0.3, 0.4) is 0 Å². The van der Waals surface area contributed by atoms with E-state index in [2.05, 4.69) is 10.6 Å². The Hall–Kier alpha value is -3.13. The number of halogens is 1. The maximum absolute atomic E-state index is 12.9. The van der Waals surface area contributed by atoms with Gasteiger partial charge in [-0.3, -0.25) is 4.79 Å². The Kier molecular flexibility index (Phi) is 6.44. The lowest BCUT2D eigenvalue weighted by Crippen LogP contribution is -2.56. The molecule has 0 aromatic heterocycles. The number of hydrogen-bond donors (Lipinski definition) is 3. The van der Waals surface area contributed by atoms with Crippen LogP contribution in [0, 0.1) is 5.82 Å². The van der Waals surface area contributed by atoms with Gasteiger partial charge in [-0.15, -0.1) is 0 Å². The molecule has 3 rings (SSSR count). The van der Waals surface area contributed by atoms with Crippen LogP contribution in [0.2, 0.25) is 0 Å². The van der Waals surface area contributed by atoms with Gasteiger partial charge in [0, 0.05) is 37.8 Å². The minimum Gasteiger partial charge on any atom is -0.508 e. The summed E-state index contributed by atoms with van der Waals surface area (Å²) in [5.41, 5.74) is 1.16. The van der Waals surface area contributed by atoms with Crippen LogP contribution < -0.4 is 10.6 Å². The Balaban J connectivity index is 1.45. The Labute approximate surface area is 162 Å². The average molecular weight is 387 g/mol. The summed E-state index contributed by atoms with van der Waals surface area (Å²) < 4.78 is 18.2. The number of carbonyl (C=O) groups is 2. The first-order valence-electron chi connectivity index (χ1n) is 8.98. The molecule has 1 unspecified atom stereocenters. The van der Waals surface area contributed by atoms with E-state index >= 15 is 0 Å². The first-order chi connectivity index (χ1) is 13.5. The molecule has 0 saturated carbocycles. The van der Waals surface area contributed by atoms with E-state index in [-0.39, 0.29) is 30.1 Å². The molecular formula is C20H22FN3O4. The summed E-state index contributed by atoms with van der Waals surface area (Å²) in [6.07, 6.45) is -0.444. The highest BCUT2D eigenvalue weighted by Gasteiger charge is 2.24. The molecule has 0 radical (unpaired) electrons. The summed E-state index contributed by atoms with van der Waals surface area (Å²) in [4.78, 5) is 26.0. The van der Waals surface area contributed by atoms with Crippen molar-refractivity contribution in [2.75, 3.05) is 26.2 Å². The van der Waals surface area contributed by atoms with E-state index in [9.17, 15) is 19.1 Å². The van der Waals surface area contributed by atoms with Crippen molar-refractivity contribution in [1.82, 2.24) is 15.5 Å². The highest BCUT2D eigenvalue weighted by Crippen LogP contribution is 2.10. The highest BCUT2D eigenvalue weighted by atomic mass is 19.1. The van der Waals surface area contributed by atoms with Crippen LogP contribution in [-0.2, 0) is 11.3 Å². The number of nitrogens with one attached hydrogen (secondary N) is 2. The monoisotopic (exact) mass is 387 g/mol. The molecule has 0 aliphatic carbocycles. The van der Waals surface area contributed by atoms with E-state index in [1.54, 1.807) is 17.0 Å². The molecule has 1 aliphatic rings. The predicted molar refractivity (Wildman–Crippen MR) is 100 cm³/mol. The van der Waals surface area contributed by atoms with Crippen molar-refractivity contribution in [3.63, 3.8) is 0 Å². The smallest absolute Gasteiger partial charge is 0.410 e. The van der Waals surface area contributed by atoms with Gasteiger partial charge in [-0.05, 0) is 42.0 Å². The molecule has 2 amide bonds. The lowest BCUT2D eigenvalue weighted by Gasteiger charge is -2.33. The zero-order valence-corrected chi connectivity index (χ0v) is 15.2. The largest absolute Gasteiger partial charge is 0.508 e. The zero-order chi connectivity index (χ0) is 19.9. The standard InChI is InChI=1S/C20H22FN3O4/c21-16-5-1-14(2-6-16)13-28-20(27)24-10-9-22-17(12-24)11-23-19(26)15-3-7-18(25)8-4-15/h1-8,17,22,25H,9-13H2,(H,23,26). The van der Waals surface area contributed by atoms with E-state index in [0.717, 1.165) is 0 Å². The van der Waals surface area contributed by atoms with Crippen LogP contribution in [0.25, 0.3) is 0 Å². The lowest BCUT2D eigenvalue weighted by molar-refractivity contribution is 0.0834. The minimum atomic E-state index is -0.444. The first kappa shape index (κ1) is 19.6. The quantitative estimate of drug-likeness (QED) is 0.729. The maximum Gasteiger partial charge on any atom is 0.410 e. The maximum atomic E-state index is 12.9. The van der Waals surface area contributed by atoms with Crippen LogP contribution >= 0.6 is 0 Å². The summed E-state index contributed by atoms with van der Waals surface area (Å²) in [6, 6.07) is 11.7. The summed E-state index contributed by atoms with van der Waals surface area (Å²) in [5, 5.41) is 15.3. The number of benzene rings is 2. The number of rotatable bonds is 5. The van der Waals surface area contributed by atoms with Crippen LogP contribution in [0.4, 0.5) is 9.18 Å². The Morgan fingerprint density at radius 1 is 1.18 bits per heavy atom. The second kappa shape index (κ2) is 9.18. The predicted octanol–water partition coefficient (Wildman–Crippen LogP) is 1.87. The molecule has 3 N–H and O–H groups in total. The van der Waals surface area contributed by atoms with Gasteiger partial charge in [0.05, 0.1) is 0 Å². The van der Waals surface area contributed by atoms with Gasteiger partial charge in [0.25, 0.3) is 5.91 Å². The fourth-order valence-corrected chi connectivity index (χ4v) is 2.88. The number of ether oxygens (including phenoxy) is 1. The van der Waals surface area contributed by atoms with Gasteiger partial charge in [0.1, 0.15) is 18.2 Å². The minimum absolute atomic E-state index is 0.0747. The Bertz CT molecular complexity index is 811. The Morgan fingerprint density at radius 3 is 2.61 bits per heavy atom. The number of piperazine rings is 1. The molecule has 2 aromatic rings. The molecule has 1 fully saturated rings. The first-order valence-corrected chi connectivity index (χ1v) is 8.98. The topological polar surface area (TPSA) is 90.9 Å². The fourth-order valence-electron chi connectivity index (χ4n) is 2.88. The van der Waals surface area contributed by atoms with Gasteiger partial charge < -0.3 is 25.4 Å². The lowest BCUT2D eigenvalue weighted by atomic mass is 10.2. The van der Waals surface area contributed by atoms with Crippen molar-refractivity contribution >= 4 is 12.0 Å². The van der Waals surface area contributed by atoms with E-state index in [0.29, 0.717) is 37.3 Å². The van der Waals surface area contributed by atoms with Crippen molar-refractivity contribution in [3.8, 4) is 5.75 Å². The second-order valence-electron chi connectivity index (χ2n) is 6.54. The van der Waals surface area contributed by atoms with Crippen molar-refractivity contribution in [1.29, 1.82) is 0 Å². The molecule has 0 spiro atoms. The molecule has 148 valence electrons. The summed E-state index contributed by atoms with van der Waals surface area (Å²) in [6.45, 7) is 1.92. The summed E-state index contributed by atoms with van der Waals surface area (Å²) in [5.74, 6) is -0.493. The van der Waals surface area contributed by atoms with E-state index in [4.69, 9.17) is 4.74 Å². The number of hydrogen-bond acceptors (Lipinski definition) is 5. The van der Waals surface area contributed by atoms with Crippen molar-refractivity contribution < 1.29 is 23.8 Å². The number of phenols is 1. The van der Waals surface area contributed by atoms with Crippen molar-refractivity contribution in [3.05, 3.63) is 65.5 Å². The fraction of sp³-hybridized carbons (Fsp3) is 0.300. The normalized spacial score (nSPS) is 16.5. The number of phenolic OH excluding ortho intramolecular Hbond substituents is 1. The highest BCUT2D eigenvalue weighted by molar-refractivity contribution is 5.94. The molecule has 1 heterocycles. The van der Waals surface area contributed by atoms with Gasteiger partial charge in [-0.1, -0.05) is 12.1 Å². The molecule has 0 bridgehead atoms. The van der Waals surface area contributed by atoms with Crippen molar-refractivity contribution in [2.24, 2.45) is 0 Å². The average Bonchev–Trinajstić information content (AvgIpc) is 2.72. The molecule has 1 atom stereocenters. The number of carbonyl (C=O) groups excluding carboxylic acids is 2. The number of amides is 2. The third kappa shape index (κ3) is 5.43. The summed E-state index contributed by atoms with van der Waals surface area (Å²) >= 11 is 0. The second-order valence-corrected chi connectivity index (χ2v) is 6.54. The van der Waals surface area contributed by atoms with Crippen LogP contribution in [0.1, 0.15) is 15.9 Å². The molecular weight excluding hydrogens is 365 g/mol. The van der Waals surface area contributed by atoms with Crippen LogP contribution in [0.5, 0.6) is 5.75 Å². The number of nitrogens with zero attached hydrogens (tertiary/aromatic N) is 1. The van der Waals surface area contributed by atoms with Gasteiger partial charge in [0.2, 0.25) is 0 Å². The molecule has 7 nitrogen and oxygen atoms in total. The van der Waals surface area contributed by atoms with Gasteiger partial charge >= 0.3 is 6.09 Å². The molecule has 8 heteroatoms. The van der Waals surface area contributed by atoms with Crippen LogP contribution in [-0.4, -0.2) is 54.2 Å². The SMILES string of the molecule is O=C(NCC1CN(C(=O)OCc2ccc(F)cc2)CCN1)c1ccc(O)cc1. The molecule has 28 heavy (non-hydrogen) atoms. The van der Waals surface area contributed by atoms with Gasteiger partial charge in [-0.2, -0.15) is 0 Å². The number of aromatic hydroxyl groups is 1. The van der Waals surface area contributed by atoms with E-state index in [1.165, 1.54) is 36.4 Å². The third-order valence-electron chi connectivity index (χ3n) is 4.43. The zero-order valence-electron chi connectivity index (χ0n) is 15.2. The Morgan fingerprint density at radius 2 is 1.89 bits per heavy atom. The van der Waals surface area contributed by atoms with E-state index in [1.807, 2.05) is 0 Å².